The summed E-state index contributed by atoms with van der Waals surface area (Å²) < 4.78 is 0. The molecule has 2 atom stereocenters. The van der Waals surface area contributed by atoms with Crippen molar-refractivity contribution in [2.75, 3.05) is 0 Å². The Hall–Kier alpha value is -0.150. The van der Waals surface area contributed by atoms with Crippen LogP contribution >= 0.6 is 12.2 Å². The van der Waals surface area contributed by atoms with Crippen LogP contribution in [0.15, 0.2) is 0 Å². The molecule has 0 unspecified atom stereocenters. The number of hydrogen-bond acceptors (Lipinski definition) is 2. The molecule has 0 aliphatic rings. The lowest BCUT2D eigenvalue weighted by molar-refractivity contribution is 0.523. The van der Waals surface area contributed by atoms with E-state index in [1.165, 1.54) is 0 Å². The molecule has 0 saturated heterocycles. The third-order valence-electron chi connectivity index (χ3n) is 1.59. The summed E-state index contributed by atoms with van der Waals surface area (Å²) >= 11 is 4.71. The van der Waals surface area contributed by atoms with Gasteiger partial charge in [-0.05, 0) is 5.92 Å². The average Bonchev–Trinajstić information content (AvgIpc) is 1.84. The molecule has 9 heavy (non-hydrogen) atoms. The molecule has 0 spiro atoms. The molecule has 3 heteroatoms. The second kappa shape index (κ2) is 3.80. The van der Waals surface area contributed by atoms with Crippen LogP contribution in [-0.2, 0) is 0 Å². The van der Waals surface area contributed by atoms with E-state index >= 15 is 0 Å². The predicted molar refractivity (Wildman–Crippen MR) is 44.2 cm³/mol. The molecule has 0 rings (SSSR count). The van der Waals surface area contributed by atoms with E-state index < -0.39 is 0 Å². The van der Waals surface area contributed by atoms with Crippen LogP contribution in [0, 0.1) is 5.92 Å². The van der Waals surface area contributed by atoms with Crippen LogP contribution in [0.2, 0.25) is 0 Å². The summed E-state index contributed by atoms with van der Waals surface area (Å²) in [6.45, 7) is 4.12. The van der Waals surface area contributed by atoms with E-state index in [-0.39, 0.29) is 6.04 Å². The van der Waals surface area contributed by atoms with Gasteiger partial charge in [-0.25, -0.2) is 0 Å². The van der Waals surface area contributed by atoms with Gasteiger partial charge in [0.2, 0.25) is 0 Å². The Morgan fingerprint density at radius 2 is 2.11 bits per heavy atom. The minimum absolute atomic E-state index is 0.106. The quantitative estimate of drug-likeness (QED) is 0.575. The molecule has 0 heterocycles. The molecule has 0 aromatic heterocycles. The van der Waals surface area contributed by atoms with Gasteiger partial charge in [-0.1, -0.05) is 32.5 Å². The molecular weight excluding hydrogens is 132 g/mol. The third kappa shape index (κ3) is 2.77. The van der Waals surface area contributed by atoms with Gasteiger partial charge >= 0.3 is 0 Å². The van der Waals surface area contributed by atoms with E-state index in [4.69, 9.17) is 23.7 Å². The van der Waals surface area contributed by atoms with Gasteiger partial charge in [0, 0.05) is 0 Å². The Kier molecular flexibility index (Phi) is 3.73. The average molecular weight is 146 g/mol. The molecule has 0 aromatic carbocycles. The van der Waals surface area contributed by atoms with Crippen molar-refractivity contribution < 1.29 is 0 Å². The summed E-state index contributed by atoms with van der Waals surface area (Å²) in [6.07, 6.45) is 1.03. The normalized spacial score (nSPS) is 16.8. The van der Waals surface area contributed by atoms with E-state index in [1.54, 1.807) is 0 Å². The third-order valence-corrected chi connectivity index (χ3v) is 1.86. The first kappa shape index (κ1) is 8.85. The van der Waals surface area contributed by atoms with Crippen LogP contribution in [0.3, 0.4) is 0 Å². The van der Waals surface area contributed by atoms with E-state index in [1.807, 2.05) is 6.92 Å². The Balaban J connectivity index is 3.72. The summed E-state index contributed by atoms with van der Waals surface area (Å²) in [7, 11) is 0. The number of nitrogens with two attached hydrogens (primary N) is 2. The first-order valence-corrected chi connectivity index (χ1v) is 3.55. The molecule has 2 nitrogen and oxygen atoms in total. The highest BCUT2D eigenvalue weighted by molar-refractivity contribution is 7.80. The van der Waals surface area contributed by atoms with E-state index in [9.17, 15) is 0 Å². The molecular formula is C6H14N2S. The largest absolute Gasteiger partial charge is 0.392 e. The summed E-state index contributed by atoms with van der Waals surface area (Å²) in [5.74, 6) is 0.405. The Labute approximate surface area is 61.6 Å². The lowest BCUT2D eigenvalue weighted by atomic mass is 10.0. The maximum atomic E-state index is 5.60. The van der Waals surface area contributed by atoms with Crippen molar-refractivity contribution in [1.82, 2.24) is 0 Å². The molecule has 0 fully saturated rings. The predicted octanol–water partition coefficient (Wildman–Crippen LogP) is 0.646. The number of hydrogen-bond donors (Lipinski definition) is 2. The Bertz CT molecular complexity index is 103. The van der Waals surface area contributed by atoms with E-state index in [2.05, 4.69) is 6.92 Å². The van der Waals surface area contributed by atoms with E-state index in [0.29, 0.717) is 10.9 Å². The maximum Gasteiger partial charge on any atom is 0.0900 e. The van der Waals surface area contributed by atoms with Crippen LogP contribution < -0.4 is 11.5 Å². The zero-order valence-electron chi connectivity index (χ0n) is 5.92. The number of thiocarbonyl (C=S) groups is 1. The minimum atomic E-state index is -0.106. The molecule has 0 aliphatic heterocycles. The lowest BCUT2D eigenvalue weighted by Crippen LogP contribution is -2.40. The number of rotatable bonds is 3. The minimum Gasteiger partial charge on any atom is -0.392 e. The standard InChI is InChI=1S/C6H14N2S/c1-3-4(2)5(7)6(8)9/h4-5H,3,7H2,1-2H3,(H2,8,9)/t4-,5+/m0/s1. The van der Waals surface area contributed by atoms with Crippen molar-refractivity contribution in [3.8, 4) is 0 Å². The highest BCUT2D eigenvalue weighted by Crippen LogP contribution is 2.04. The molecule has 4 N–H and O–H groups in total. The molecule has 0 aliphatic carbocycles. The Morgan fingerprint density at radius 3 is 2.22 bits per heavy atom. The van der Waals surface area contributed by atoms with Gasteiger partial charge in [-0.15, -0.1) is 0 Å². The highest BCUT2D eigenvalue weighted by atomic mass is 32.1. The SMILES string of the molecule is CC[C@H](C)[C@@H](N)C(N)=S. The second-order valence-electron chi connectivity index (χ2n) is 2.31. The van der Waals surface area contributed by atoms with Crippen LogP contribution in [0.4, 0.5) is 0 Å². The highest BCUT2D eigenvalue weighted by Gasteiger charge is 2.11. The van der Waals surface area contributed by atoms with Gasteiger partial charge in [0.15, 0.2) is 0 Å². The van der Waals surface area contributed by atoms with Gasteiger partial charge in [0.05, 0.1) is 11.0 Å². The molecule has 0 radical (unpaired) electrons. The van der Waals surface area contributed by atoms with Crippen molar-refractivity contribution in [3.63, 3.8) is 0 Å². The molecule has 54 valence electrons. The lowest BCUT2D eigenvalue weighted by Gasteiger charge is -2.15. The molecule has 0 aromatic rings. The zero-order chi connectivity index (χ0) is 7.44. The van der Waals surface area contributed by atoms with Crippen LogP contribution in [0.1, 0.15) is 20.3 Å². The molecule has 0 bridgehead atoms. The maximum absolute atomic E-state index is 5.60. The summed E-state index contributed by atoms with van der Waals surface area (Å²) in [5, 5.41) is 0. The van der Waals surface area contributed by atoms with Crippen molar-refractivity contribution in [2.24, 2.45) is 17.4 Å². The monoisotopic (exact) mass is 146 g/mol. The fourth-order valence-corrected chi connectivity index (χ4v) is 0.767. The summed E-state index contributed by atoms with van der Waals surface area (Å²) in [6, 6.07) is -0.106. The smallest absolute Gasteiger partial charge is 0.0900 e. The van der Waals surface area contributed by atoms with Crippen molar-refractivity contribution in [1.29, 1.82) is 0 Å². The van der Waals surface area contributed by atoms with Gasteiger partial charge in [-0.3, -0.25) is 0 Å². The van der Waals surface area contributed by atoms with Crippen molar-refractivity contribution >= 4 is 17.2 Å². The first-order valence-electron chi connectivity index (χ1n) is 3.14. The van der Waals surface area contributed by atoms with Crippen LogP contribution in [-0.4, -0.2) is 11.0 Å². The van der Waals surface area contributed by atoms with Crippen molar-refractivity contribution in [3.05, 3.63) is 0 Å². The Morgan fingerprint density at radius 1 is 1.67 bits per heavy atom. The van der Waals surface area contributed by atoms with Crippen molar-refractivity contribution in [2.45, 2.75) is 26.3 Å². The van der Waals surface area contributed by atoms with Gasteiger partial charge in [-0.2, -0.15) is 0 Å². The van der Waals surface area contributed by atoms with E-state index in [0.717, 1.165) is 6.42 Å². The van der Waals surface area contributed by atoms with Crippen LogP contribution in [0.25, 0.3) is 0 Å². The topological polar surface area (TPSA) is 52.0 Å². The van der Waals surface area contributed by atoms with Gasteiger partial charge in [0.1, 0.15) is 0 Å². The fraction of sp³-hybridized carbons (Fsp3) is 0.833. The van der Waals surface area contributed by atoms with Gasteiger partial charge < -0.3 is 11.5 Å². The van der Waals surface area contributed by atoms with Gasteiger partial charge in [0.25, 0.3) is 0 Å². The summed E-state index contributed by atoms with van der Waals surface area (Å²) in [5.41, 5.74) is 10.9. The first-order chi connectivity index (χ1) is 4.09. The summed E-state index contributed by atoms with van der Waals surface area (Å²) in [4.78, 5) is 0.421. The second-order valence-corrected chi connectivity index (χ2v) is 2.79. The zero-order valence-corrected chi connectivity index (χ0v) is 6.74. The van der Waals surface area contributed by atoms with Crippen LogP contribution in [0.5, 0.6) is 0 Å². The molecule has 0 saturated carbocycles. The fourth-order valence-electron chi connectivity index (χ4n) is 0.534. The molecule has 0 amide bonds.